The molecule has 1 saturated heterocycles. The Hall–Kier alpha value is 1.08. The van der Waals surface area contributed by atoms with E-state index in [1.807, 2.05) is 0 Å². The van der Waals surface area contributed by atoms with Crippen LogP contribution in [0.2, 0.25) is 0 Å². The van der Waals surface area contributed by atoms with E-state index in [0.717, 1.165) is 0 Å². The molecule has 0 N–H and O–H groups in total. The Labute approximate surface area is 257 Å². The number of rotatable bonds is 0. The monoisotopic (exact) mass is 800 g/mol. The van der Waals surface area contributed by atoms with Crippen LogP contribution in [0.3, 0.4) is 0 Å². The minimum atomic E-state index is -2.61. The van der Waals surface area contributed by atoms with Crippen molar-refractivity contribution in [1.82, 2.24) is 0 Å². The quantitative estimate of drug-likeness (QED) is 0.153. The second-order valence-electron chi connectivity index (χ2n) is 5.60. The molecule has 0 aromatic heterocycles. The summed E-state index contributed by atoms with van der Waals surface area (Å²) in [6, 6.07) is 0. The topological polar surface area (TPSA) is 142 Å². The van der Waals surface area contributed by atoms with Gasteiger partial charge in [-0.15, -0.1) is 0 Å². The Bertz CT molecular complexity index is 570. The van der Waals surface area contributed by atoms with Crippen molar-refractivity contribution in [2.24, 2.45) is 0 Å². The molecule has 1 rings (SSSR count). The van der Waals surface area contributed by atoms with E-state index >= 15 is 0 Å². The molecular formula is C16H24Cl8Fe2O12. The van der Waals surface area contributed by atoms with Crippen molar-refractivity contribution in [3.63, 3.8) is 0 Å². The molecule has 1 heterocycles. The number of esters is 4. The normalized spacial score (nSPS) is 19.8. The summed E-state index contributed by atoms with van der Waals surface area (Å²) in [5.41, 5.74) is 0. The number of cyclic esters (lactones) is 4. The summed E-state index contributed by atoms with van der Waals surface area (Å²) >= 11 is 0. The zero-order chi connectivity index (χ0) is 29.5. The van der Waals surface area contributed by atoms with Gasteiger partial charge in [-0.2, -0.15) is 0 Å². The Balaban J connectivity index is 0. The third-order valence-electron chi connectivity index (χ3n) is 2.92. The van der Waals surface area contributed by atoms with Gasteiger partial charge in [0.05, 0.1) is 52.9 Å². The first kappa shape index (κ1) is 41.2. The van der Waals surface area contributed by atoms with Gasteiger partial charge >= 0.3 is 123 Å². The van der Waals surface area contributed by atoms with Crippen molar-refractivity contribution in [1.29, 1.82) is 0 Å². The third-order valence-corrected chi connectivity index (χ3v) is 2.92. The van der Waals surface area contributed by atoms with Gasteiger partial charge in [0.1, 0.15) is 26.4 Å². The predicted octanol–water partition coefficient (Wildman–Crippen LogP) is 3.75. The van der Waals surface area contributed by atoms with Crippen molar-refractivity contribution in [3.8, 4) is 0 Å². The van der Waals surface area contributed by atoms with Gasteiger partial charge in [-0.1, -0.05) is 0 Å². The Morgan fingerprint density at radius 1 is 0.342 bits per heavy atom. The van der Waals surface area contributed by atoms with E-state index in [1.165, 1.54) is 0 Å². The van der Waals surface area contributed by atoms with Crippen molar-refractivity contribution < 1.29 is 75.5 Å². The van der Waals surface area contributed by atoms with Crippen molar-refractivity contribution >= 4 is 105 Å². The number of carbonyl (C=O) groups is 4. The van der Waals surface area contributed by atoms with Crippen LogP contribution < -0.4 is 0 Å². The summed E-state index contributed by atoms with van der Waals surface area (Å²) in [5.74, 6) is -4.47. The number of halogens is 8. The second kappa shape index (κ2) is 25.8. The van der Waals surface area contributed by atoms with Gasteiger partial charge in [0.2, 0.25) is 0 Å². The standard InChI is InChI=1S/C16H24O12.8ClH.2Fe/c17-13-14(18)27-11-7-23-3-4-24-8-12-28-16(20)15(19)26-10-6-22-2-1-21-5-9-25-13;;;;;;;;;;/h1-12H2;8*1H;;/q;;;;;;;;;2*+4/p-8. The number of hydrogen-bond acceptors (Lipinski definition) is 12. The molecule has 0 radical (unpaired) electrons. The Morgan fingerprint density at radius 2 is 0.474 bits per heavy atom. The van der Waals surface area contributed by atoms with Gasteiger partial charge in [0, 0.05) is 0 Å². The van der Waals surface area contributed by atoms with Crippen molar-refractivity contribution in [2.75, 3.05) is 79.3 Å². The van der Waals surface area contributed by atoms with E-state index in [9.17, 15) is 19.2 Å². The summed E-state index contributed by atoms with van der Waals surface area (Å²) in [5, 5.41) is 0. The van der Waals surface area contributed by atoms with E-state index in [4.69, 9.17) is 99.7 Å². The van der Waals surface area contributed by atoms with Gasteiger partial charge in [-0.25, -0.2) is 19.2 Å². The molecule has 0 spiro atoms. The van der Waals surface area contributed by atoms with Crippen molar-refractivity contribution in [3.05, 3.63) is 0 Å². The SMILES string of the molecule is O=C1OCCOCCOCCOC(=O)C(=O)OCCOCCOCCOC1=O.[Cl][Fe]([Cl])([Cl])[Cl].[Cl][Fe]([Cl])([Cl])[Cl]. The molecule has 1 aliphatic rings. The fourth-order valence-corrected chi connectivity index (χ4v) is 1.65. The van der Waals surface area contributed by atoms with E-state index in [0.29, 0.717) is 0 Å². The van der Waals surface area contributed by atoms with Crippen LogP contribution in [0.15, 0.2) is 0 Å². The average molecular weight is 804 g/mol. The van der Waals surface area contributed by atoms with E-state index in [1.54, 1.807) is 0 Å². The maximum atomic E-state index is 11.4. The molecule has 0 bridgehead atoms. The molecule has 0 amide bonds. The molecular weight excluding hydrogens is 779 g/mol. The molecule has 0 saturated carbocycles. The van der Waals surface area contributed by atoms with Crippen LogP contribution >= 0.6 is 80.8 Å². The maximum absolute atomic E-state index is 11.4. The third kappa shape index (κ3) is 39.2. The van der Waals surface area contributed by atoms with Crippen LogP contribution in [0.25, 0.3) is 0 Å². The summed E-state index contributed by atoms with van der Waals surface area (Å²) in [6.45, 7) is 0.512. The van der Waals surface area contributed by atoms with E-state index in [2.05, 4.69) is 18.9 Å². The molecule has 22 heteroatoms. The number of carbonyl (C=O) groups excluding carboxylic acids is 4. The number of ether oxygens (including phenoxy) is 8. The zero-order valence-corrected chi connectivity index (χ0v) is 27.4. The van der Waals surface area contributed by atoms with Gasteiger partial charge in [-0.3, -0.25) is 0 Å². The molecule has 0 atom stereocenters. The molecule has 38 heavy (non-hydrogen) atoms. The second-order valence-corrected chi connectivity index (χ2v) is 27.5. The van der Waals surface area contributed by atoms with Crippen LogP contribution in [0, 0.1) is 0 Å². The van der Waals surface area contributed by atoms with Crippen LogP contribution in [0.5, 0.6) is 0 Å². The van der Waals surface area contributed by atoms with E-state index < -0.39 is 42.3 Å². The predicted molar refractivity (Wildman–Crippen MR) is 134 cm³/mol. The molecule has 232 valence electrons. The van der Waals surface area contributed by atoms with Crippen LogP contribution in [0.4, 0.5) is 0 Å². The van der Waals surface area contributed by atoms with Gasteiger partial charge in [0.15, 0.2) is 0 Å². The van der Waals surface area contributed by atoms with Crippen LogP contribution in [0.1, 0.15) is 0 Å². The summed E-state index contributed by atoms with van der Waals surface area (Å²) in [7, 11) is 34.4. The first-order valence-corrected chi connectivity index (χ1v) is 21.8. The molecule has 0 aromatic carbocycles. The molecule has 0 aromatic rings. The molecule has 1 fully saturated rings. The molecule has 1 aliphatic heterocycles. The van der Waals surface area contributed by atoms with Gasteiger partial charge in [-0.05, 0) is 0 Å². The van der Waals surface area contributed by atoms with Gasteiger partial charge in [0.25, 0.3) is 0 Å². The summed E-state index contributed by atoms with van der Waals surface area (Å²) in [6.07, 6.45) is 0. The molecule has 12 nitrogen and oxygen atoms in total. The fourth-order valence-electron chi connectivity index (χ4n) is 1.65. The average Bonchev–Trinajstić information content (AvgIpc) is 2.78. The van der Waals surface area contributed by atoms with Gasteiger partial charge < -0.3 is 37.9 Å². The molecule has 0 aliphatic carbocycles. The zero-order valence-electron chi connectivity index (χ0n) is 19.1. The van der Waals surface area contributed by atoms with Crippen LogP contribution in [-0.2, 0) is 75.5 Å². The summed E-state index contributed by atoms with van der Waals surface area (Å²) in [4.78, 5) is 45.4. The van der Waals surface area contributed by atoms with E-state index in [-0.39, 0.29) is 79.3 Å². The first-order chi connectivity index (χ1) is 17.6. The fraction of sp³-hybridized carbons (Fsp3) is 0.750. The van der Waals surface area contributed by atoms with Crippen molar-refractivity contribution in [2.45, 2.75) is 0 Å². The van der Waals surface area contributed by atoms with Crippen LogP contribution in [-0.4, -0.2) is 103 Å². The summed E-state index contributed by atoms with van der Waals surface area (Å²) < 4.78 is 39.2. The Kier molecular flexibility index (Phi) is 27.9. The number of hydrogen-bond donors (Lipinski definition) is 0. The minimum absolute atomic E-state index is 0.0618. The molecule has 0 unspecified atom stereocenters. The Morgan fingerprint density at radius 3 is 0.632 bits per heavy atom. The first-order valence-electron chi connectivity index (χ1n) is 9.67.